The van der Waals surface area contributed by atoms with Gasteiger partial charge < -0.3 is 14.4 Å². The maximum atomic E-state index is 13.5. The zero-order chi connectivity index (χ0) is 25.3. The van der Waals surface area contributed by atoms with E-state index in [1.54, 1.807) is 23.1 Å². The molecular formula is C27H29ClN4O4. The van der Waals surface area contributed by atoms with Crippen LogP contribution in [0.2, 0.25) is 5.15 Å². The fraction of sp³-hybridized carbons (Fsp3) is 0.407. The molecular weight excluding hydrogens is 480 g/mol. The van der Waals surface area contributed by atoms with Gasteiger partial charge in [-0.2, -0.15) is 0 Å². The van der Waals surface area contributed by atoms with Crippen LogP contribution in [0.15, 0.2) is 48.5 Å². The Labute approximate surface area is 215 Å². The zero-order valence-electron chi connectivity index (χ0n) is 20.4. The first-order valence-corrected chi connectivity index (χ1v) is 12.7. The fourth-order valence-corrected chi connectivity index (χ4v) is 5.35. The van der Waals surface area contributed by atoms with E-state index in [2.05, 4.69) is 9.97 Å². The molecule has 3 aromatic rings. The van der Waals surface area contributed by atoms with Crippen molar-refractivity contribution in [1.82, 2.24) is 14.9 Å². The summed E-state index contributed by atoms with van der Waals surface area (Å²) in [6, 6.07) is 14.2. The smallest absolute Gasteiger partial charge is 0.260 e. The van der Waals surface area contributed by atoms with Crippen LogP contribution in [-0.4, -0.2) is 58.8 Å². The Morgan fingerprint density at radius 2 is 1.72 bits per heavy atom. The molecule has 188 valence electrons. The topological polar surface area (TPSA) is 84.9 Å². The van der Waals surface area contributed by atoms with Crippen molar-refractivity contribution in [3.8, 4) is 0 Å². The Balaban J connectivity index is 1.41. The highest BCUT2D eigenvalue weighted by atomic mass is 35.5. The van der Waals surface area contributed by atoms with Crippen molar-refractivity contribution in [2.45, 2.75) is 44.9 Å². The second kappa shape index (κ2) is 10.1. The van der Waals surface area contributed by atoms with Crippen molar-refractivity contribution in [3.05, 3.63) is 64.8 Å². The number of nitrogens with zero attached hydrogens (tertiary/aromatic N) is 4. The Bertz CT molecular complexity index is 1280. The minimum absolute atomic E-state index is 0.0157. The lowest BCUT2D eigenvalue weighted by Crippen LogP contribution is -2.50. The standard InChI is InChI=1S/C27H29ClN4O4/c1-3-35-27(36-4-2)13-15-31(16-14-27)24(33)17-21-19-7-5-6-8-20(19)26(34)32(21)23-12-10-18-9-11-22(28)29-25(18)30-23/h5-12,21H,3-4,13-17H2,1-2H3. The Hall–Kier alpha value is -3.07. The van der Waals surface area contributed by atoms with Crippen molar-refractivity contribution in [2.75, 3.05) is 31.2 Å². The van der Waals surface area contributed by atoms with E-state index in [9.17, 15) is 9.59 Å². The van der Waals surface area contributed by atoms with Crippen molar-refractivity contribution in [2.24, 2.45) is 0 Å². The first-order valence-electron chi connectivity index (χ1n) is 12.4. The third kappa shape index (κ3) is 4.56. The quantitative estimate of drug-likeness (QED) is 0.338. The minimum atomic E-state index is -0.633. The second-order valence-electron chi connectivity index (χ2n) is 8.99. The first kappa shape index (κ1) is 24.6. The van der Waals surface area contributed by atoms with E-state index < -0.39 is 11.8 Å². The van der Waals surface area contributed by atoms with Gasteiger partial charge in [-0.25, -0.2) is 9.97 Å². The Morgan fingerprint density at radius 3 is 2.44 bits per heavy atom. The summed E-state index contributed by atoms with van der Waals surface area (Å²) in [5.74, 6) is -0.381. The molecule has 5 rings (SSSR count). The van der Waals surface area contributed by atoms with Crippen LogP contribution in [0.5, 0.6) is 0 Å². The number of piperidine rings is 1. The van der Waals surface area contributed by atoms with Gasteiger partial charge in [-0.1, -0.05) is 29.8 Å². The molecule has 2 amide bonds. The van der Waals surface area contributed by atoms with Crippen molar-refractivity contribution in [3.63, 3.8) is 0 Å². The van der Waals surface area contributed by atoms with Gasteiger partial charge >= 0.3 is 0 Å². The molecule has 4 heterocycles. The number of ether oxygens (including phenoxy) is 2. The number of halogens is 1. The summed E-state index contributed by atoms with van der Waals surface area (Å²) in [5.41, 5.74) is 1.86. The fourth-order valence-electron chi connectivity index (χ4n) is 5.21. The predicted molar refractivity (Wildman–Crippen MR) is 137 cm³/mol. The van der Waals surface area contributed by atoms with Gasteiger partial charge in [0.1, 0.15) is 11.0 Å². The van der Waals surface area contributed by atoms with E-state index in [1.807, 2.05) is 49.1 Å². The molecule has 2 aliphatic heterocycles. The van der Waals surface area contributed by atoms with Gasteiger partial charge in [-0.05, 0) is 49.7 Å². The molecule has 1 saturated heterocycles. The highest BCUT2D eigenvalue weighted by molar-refractivity contribution is 6.29. The predicted octanol–water partition coefficient (Wildman–Crippen LogP) is 4.77. The summed E-state index contributed by atoms with van der Waals surface area (Å²) >= 11 is 6.08. The Kier molecular flexibility index (Phi) is 6.92. The van der Waals surface area contributed by atoms with E-state index in [0.29, 0.717) is 61.3 Å². The van der Waals surface area contributed by atoms with Crippen LogP contribution in [0.25, 0.3) is 11.0 Å². The summed E-state index contributed by atoms with van der Waals surface area (Å²) in [7, 11) is 0. The molecule has 8 nitrogen and oxygen atoms in total. The lowest BCUT2D eigenvalue weighted by Gasteiger charge is -2.41. The molecule has 2 aliphatic rings. The van der Waals surface area contributed by atoms with Gasteiger partial charge in [-0.15, -0.1) is 0 Å². The summed E-state index contributed by atoms with van der Waals surface area (Å²) < 4.78 is 11.8. The lowest BCUT2D eigenvalue weighted by molar-refractivity contribution is -0.252. The molecule has 1 fully saturated rings. The van der Waals surface area contributed by atoms with E-state index in [-0.39, 0.29) is 18.2 Å². The second-order valence-corrected chi connectivity index (χ2v) is 9.38. The van der Waals surface area contributed by atoms with Crippen LogP contribution in [0.4, 0.5) is 5.82 Å². The summed E-state index contributed by atoms with van der Waals surface area (Å²) in [6.45, 7) is 6.10. The minimum Gasteiger partial charge on any atom is -0.350 e. The molecule has 0 spiro atoms. The molecule has 0 radical (unpaired) electrons. The van der Waals surface area contributed by atoms with Gasteiger partial charge in [0.05, 0.1) is 12.5 Å². The highest BCUT2D eigenvalue weighted by Gasteiger charge is 2.42. The molecule has 1 atom stereocenters. The Morgan fingerprint density at radius 1 is 1.03 bits per heavy atom. The average Bonchev–Trinajstić information content (AvgIpc) is 3.15. The van der Waals surface area contributed by atoms with Crippen molar-refractivity contribution in [1.29, 1.82) is 0 Å². The summed E-state index contributed by atoms with van der Waals surface area (Å²) in [6.07, 6.45) is 1.38. The third-order valence-corrected chi connectivity index (χ3v) is 7.10. The highest BCUT2D eigenvalue weighted by Crippen LogP contribution is 2.40. The lowest BCUT2D eigenvalue weighted by atomic mass is 9.99. The molecule has 36 heavy (non-hydrogen) atoms. The van der Waals surface area contributed by atoms with Crippen molar-refractivity contribution >= 4 is 40.3 Å². The number of fused-ring (bicyclic) bond motifs is 2. The largest absolute Gasteiger partial charge is 0.350 e. The third-order valence-electron chi connectivity index (χ3n) is 6.89. The maximum absolute atomic E-state index is 13.5. The van der Waals surface area contributed by atoms with Crippen molar-refractivity contribution < 1.29 is 19.1 Å². The van der Waals surface area contributed by atoms with Crippen LogP contribution in [0, 0.1) is 0 Å². The molecule has 9 heteroatoms. The van der Waals surface area contributed by atoms with Crippen LogP contribution >= 0.6 is 11.6 Å². The normalized spacial score (nSPS) is 19.1. The number of anilines is 1. The number of benzene rings is 1. The molecule has 2 aromatic heterocycles. The molecule has 1 aromatic carbocycles. The van der Waals surface area contributed by atoms with Crippen LogP contribution in [0.1, 0.15) is 55.1 Å². The summed E-state index contributed by atoms with van der Waals surface area (Å²) in [4.78, 5) is 39.4. The first-order chi connectivity index (χ1) is 17.4. The molecule has 0 saturated carbocycles. The monoisotopic (exact) mass is 508 g/mol. The zero-order valence-corrected chi connectivity index (χ0v) is 21.2. The van der Waals surface area contributed by atoms with E-state index in [4.69, 9.17) is 21.1 Å². The maximum Gasteiger partial charge on any atom is 0.260 e. The van der Waals surface area contributed by atoms with Crippen LogP contribution in [-0.2, 0) is 14.3 Å². The van der Waals surface area contributed by atoms with Crippen LogP contribution in [0.3, 0.4) is 0 Å². The number of amides is 2. The number of aromatic nitrogens is 2. The van der Waals surface area contributed by atoms with Gasteiger partial charge in [-0.3, -0.25) is 14.5 Å². The number of hydrogen-bond acceptors (Lipinski definition) is 6. The number of carbonyl (C=O) groups excluding carboxylic acids is 2. The van der Waals surface area contributed by atoms with Gasteiger partial charge in [0.25, 0.3) is 5.91 Å². The van der Waals surface area contributed by atoms with Gasteiger partial charge in [0.15, 0.2) is 11.4 Å². The molecule has 0 N–H and O–H groups in total. The number of rotatable bonds is 7. The molecule has 0 aliphatic carbocycles. The number of likely N-dealkylation sites (tertiary alicyclic amines) is 1. The number of pyridine rings is 2. The van der Waals surface area contributed by atoms with E-state index in [1.165, 1.54) is 0 Å². The SMILES string of the molecule is CCOC1(OCC)CCN(C(=O)CC2c3ccccc3C(=O)N2c2ccc3ccc(Cl)nc3n2)CC1. The van der Waals surface area contributed by atoms with Gasteiger partial charge in [0.2, 0.25) is 5.91 Å². The number of hydrogen-bond donors (Lipinski definition) is 0. The summed E-state index contributed by atoms with van der Waals surface area (Å²) in [5, 5.41) is 1.15. The molecule has 1 unspecified atom stereocenters. The van der Waals surface area contributed by atoms with Crippen LogP contribution < -0.4 is 4.90 Å². The van der Waals surface area contributed by atoms with E-state index >= 15 is 0 Å². The molecule has 0 bridgehead atoms. The van der Waals surface area contributed by atoms with E-state index in [0.717, 1.165) is 10.9 Å². The van der Waals surface area contributed by atoms with Gasteiger partial charge in [0, 0.05) is 50.1 Å². The average molecular weight is 509 g/mol. The number of carbonyl (C=O) groups is 2.